The first-order chi connectivity index (χ1) is 16.4. The first-order valence-corrected chi connectivity index (χ1v) is 13.9. The minimum absolute atomic E-state index is 0.198. The second kappa shape index (κ2) is 9.40. The average molecular weight is 501 g/mol. The van der Waals surface area contributed by atoms with Gasteiger partial charge in [-0.05, 0) is 43.1 Å². The molecule has 4 aromatic rings. The van der Waals surface area contributed by atoms with E-state index in [1.807, 2.05) is 22.1 Å². The number of sulfone groups is 1. The fraction of sp³-hybridized carbons (Fsp3) is 0.348. The van der Waals surface area contributed by atoms with Gasteiger partial charge in [0, 0.05) is 48.9 Å². The molecule has 0 amide bonds. The summed E-state index contributed by atoms with van der Waals surface area (Å²) in [7, 11) is -1.24. The van der Waals surface area contributed by atoms with Gasteiger partial charge in [-0.3, -0.25) is 4.57 Å². The number of thiazole rings is 1. The van der Waals surface area contributed by atoms with Gasteiger partial charge < -0.3 is 10.2 Å². The lowest BCUT2D eigenvalue weighted by Gasteiger charge is -2.26. The van der Waals surface area contributed by atoms with Gasteiger partial charge in [-0.1, -0.05) is 0 Å². The van der Waals surface area contributed by atoms with Crippen LogP contribution in [0.2, 0.25) is 0 Å². The van der Waals surface area contributed by atoms with Gasteiger partial charge in [-0.15, -0.1) is 11.3 Å². The number of hydrogen-bond donors (Lipinski definition) is 1. The number of nitrogens with zero attached hydrogens (tertiary/aromatic N) is 5. The number of anilines is 1. The van der Waals surface area contributed by atoms with Crippen LogP contribution in [0, 0.1) is 5.82 Å². The van der Waals surface area contributed by atoms with Crippen LogP contribution < -0.4 is 5.32 Å². The molecule has 0 radical (unpaired) electrons. The van der Waals surface area contributed by atoms with Crippen LogP contribution in [0.25, 0.3) is 28.1 Å². The Morgan fingerprint density at radius 2 is 2.03 bits per heavy atom. The van der Waals surface area contributed by atoms with Crippen LogP contribution >= 0.6 is 11.3 Å². The van der Waals surface area contributed by atoms with Crippen molar-refractivity contribution in [3.05, 3.63) is 52.9 Å². The van der Waals surface area contributed by atoms with Crippen LogP contribution in [0.15, 0.2) is 41.5 Å². The van der Waals surface area contributed by atoms with Crippen molar-refractivity contribution in [2.75, 3.05) is 43.5 Å². The standard InChI is InChI=1S/C23H25FN6O2S2/c1-25-22-19(24)11-17(12-26-22)20-5-4-18-16(3-2-6-29-7-9-34(31,32)10-8-29)13-30(23(18)28-20)21-14-33-15-27-21/h4-5,11-15H,2-3,6-10H2,1H3,(H,25,26). The topological polar surface area (TPSA) is 93.0 Å². The lowest BCUT2D eigenvalue weighted by Crippen LogP contribution is -2.40. The number of aromatic nitrogens is 4. The number of hydrogen-bond acceptors (Lipinski definition) is 8. The van der Waals surface area contributed by atoms with Crippen LogP contribution in [0.3, 0.4) is 0 Å². The van der Waals surface area contributed by atoms with Crippen LogP contribution in [-0.2, 0) is 16.3 Å². The van der Waals surface area contributed by atoms with Crippen molar-refractivity contribution in [1.29, 1.82) is 0 Å². The van der Waals surface area contributed by atoms with Crippen molar-refractivity contribution in [3.63, 3.8) is 0 Å². The first-order valence-electron chi connectivity index (χ1n) is 11.1. The van der Waals surface area contributed by atoms with E-state index in [1.165, 1.54) is 17.4 Å². The molecule has 1 saturated heterocycles. The average Bonchev–Trinajstić information content (AvgIpc) is 3.48. The van der Waals surface area contributed by atoms with Crippen LogP contribution in [-0.4, -0.2) is 71.0 Å². The SMILES string of the molecule is CNc1ncc(-c2ccc3c(CCCN4CCS(=O)(=O)CC4)cn(-c4cscn4)c3n2)cc1F. The summed E-state index contributed by atoms with van der Waals surface area (Å²) in [5.74, 6) is 1.05. The van der Waals surface area contributed by atoms with E-state index in [1.54, 1.807) is 18.8 Å². The molecule has 4 aromatic heterocycles. The molecular formula is C23H25FN6O2S2. The molecule has 1 fully saturated rings. The quantitative estimate of drug-likeness (QED) is 0.416. The minimum Gasteiger partial charge on any atom is -0.371 e. The Labute approximate surface area is 201 Å². The van der Waals surface area contributed by atoms with E-state index in [-0.39, 0.29) is 17.3 Å². The number of fused-ring (bicyclic) bond motifs is 1. The first kappa shape index (κ1) is 22.9. The summed E-state index contributed by atoms with van der Waals surface area (Å²) >= 11 is 1.51. The Kier molecular flexibility index (Phi) is 6.32. The zero-order valence-electron chi connectivity index (χ0n) is 18.7. The zero-order chi connectivity index (χ0) is 23.7. The third-order valence-electron chi connectivity index (χ3n) is 6.13. The van der Waals surface area contributed by atoms with E-state index in [0.29, 0.717) is 24.3 Å². The van der Waals surface area contributed by atoms with Crippen molar-refractivity contribution >= 4 is 38.0 Å². The molecule has 1 N–H and O–H groups in total. The second-order valence-electron chi connectivity index (χ2n) is 8.34. The highest BCUT2D eigenvalue weighted by atomic mass is 32.2. The summed E-state index contributed by atoms with van der Waals surface area (Å²) in [4.78, 5) is 15.7. The van der Waals surface area contributed by atoms with Gasteiger partial charge in [-0.2, -0.15) is 0 Å². The lowest BCUT2D eigenvalue weighted by molar-refractivity contribution is 0.292. The maximum absolute atomic E-state index is 14.3. The highest BCUT2D eigenvalue weighted by Gasteiger charge is 2.21. The smallest absolute Gasteiger partial charge is 0.166 e. The molecule has 0 unspecified atom stereocenters. The Bertz CT molecular complexity index is 1410. The fourth-order valence-corrected chi connectivity index (χ4v) is 6.06. The zero-order valence-corrected chi connectivity index (χ0v) is 20.4. The monoisotopic (exact) mass is 500 g/mol. The normalized spacial score (nSPS) is 16.2. The van der Waals surface area contributed by atoms with Gasteiger partial charge >= 0.3 is 0 Å². The number of halogens is 1. The third kappa shape index (κ3) is 4.68. The number of aryl methyl sites for hydroxylation is 1. The summed E-state index contributed by atoms with van der Waals surface area (Å²) in [5.41, 5.74) is 4.94. The molecule has 1 aliphatic heterocycles. The molecule has 5 rings (SSSR count). The lowest BCUT2D eigenvalue weighted by atomic mass is 10.1. The van der Waals surface area contributed by atoms with E-state index >= 15 is 0 Å². The fourth-order valence-electron chi connectivity index (χ4n) is 4.26. The molecule has 5 heterocycles. The van der Waals surface area contributed by atoms with Crippen LogP contribution in [0.5, 0.6) is 0 Å². The van der Waals surface area contributed by atoms with E-state index < -0.39 is 15.7 Å². The van der Waals surface area contributed by atoms with Crippen LogP contribution in [0.4, 0.5) is 10.2 Å². The highest BCUT2D eigenvalue weighted by Crippen LogP contribution is 2.29. The molecule has 1 aliphatic rings. The Balaban J connectivity index is 1.42. The van der Waals surface area contributed by atoms with Crippen LogP contribution in [0.1, 0.15) is 12.0 Å². The predicted molar refractivity (Wildman–Crippen MR) is 133 cm³/mol. The van der Waals surface area contributed by atoms with Gasteiger partial charge in [0.1, 0.15) is 11.5 Å². The van der Waals surface area contributed by atoms with Crippen molar-refractivity contribution < 1.29 is 12.8 Å². The minimum atomic E-state index is -2.87. The number of nitrogens with one attached hydrogen (secondary N) is 1. The van der Waals surface area contributed by atoms with Crippen molar-refractivity contribution in [1.82, 2.24) is 24.4 Å². The summed E-state index contributed by atoms with van der Waals surface area (Å²) in [6.07, 6.45) is 5.43. The second-order valence-corrected chi connectivity index (χ2v) is 11.4. The molecule has 0 atom stereocenters. The van der Waals surface area contributed by atoms with E-state index in [4.69, 9.17) is 4.98 Å². The summed E-state index contributed by atoms with van der Waals surface area (Å²) in [6.45, 7) is 2.06. The molecular weight excluding hydrogens is 475 g/mol. The molecule has 11 heteroatoms. The number of pyridine rings is 2. The third-order valence-corrected chi connectivity index (χ3v) is 8.31. The van der Waals surface area contributed by atoms with Gasteiger partial charge in [0.2, 0.25) is 0 Å². The maximum atomic E-state index is 14.3. The molecule has 0 bridgehead atoms. The van der Waals surface area contributed by atoms with Gasteiger partial charge in [0.25, 0.3) is 0 Å². The molecule has 0 aromatic carbocycles. The molecule has 34 heavy (non-hydrogen) atoms. The van der Waals surface area contributed by atoms with E-state index in [2.05, 4.69) is 26.4 Å². The Morgan fingerprint density at radius 1 is 1.21 bits per heavy atom. The summed E-state index contributed by atoms with van der Waals surface area (Å²) in [5, 5.41) is 5.72. The number of rotatable bonds is 7. The summed E-state index contributed by atoms with van der Waals surface area (Å²) < 4.78 is 39.6. The predicted octanol–water partition coefficient (Wildman–Crippen LogP) is 3.39. The molecule has 0 saturated carbocycles. The molecule has 8 nitrogen and oxygen atoms in total. The maximum Gasteiger partial charge on any atom is 0.166 e. The van der Waals surface area contributed by atoms with E-state index in [0.717, 1.165) is 41.8 Å². The molecule has 0 spiro atoms. The largest absolute Gasteiger partial charge is 0.371 e. The van der Waals surface area contributed by atoms with Gasteiger partial charge in [-0.25, -0.2) is 27.8 Å². The Morgan fingerprint density at radius 3 is 2.74 bits per heavy atom. The van der Waals surface area contributed by atoms with Crippen molar-refractivity contribution in [2.24, 2.45) is 0 Å². The van der Waals surface area contributed by atoms with Gasteiger partial charge in [0.05, 0.1) is 22.7 Å². The van der Waals surface area contributed by atoms with Crippen molar-refractivity contribution in [3.8, 4) is 17.1 Å². The van der Waals surface area contributed by atoms with E-state index in [9.17, 15) is 12.8 Å². The molecule has 178 valence electrons. The van der Waals surface area contributed by atoms with Gasteiger partial charge in [0.15, 0.2) is 21.5 Å². The van der Waals surface area contributed by atoms with Crippen molar-refractivity contribution in [2.45, 2.75) is 12.8 Å². The Hall–Kier alpha value is -2.89. The molecule has 0 aliphatic carbocycles. The highest BCUT2D eigenvalue weighted by molar-refractivity contribution is 7.91. The summed E-state index contributed by atoms with van der Waals surface area (Å²) in [6, 6.07) is 5.35.